The van der Waals surface area contributed by atoms with Gasteiger partial charge in [-0.2, -0.15) is 13.2 Å². The number of rotatable bonds is 5. The first kappa shape index (κ1) is 14.5. The van der Waals surface area contributed by atoms with Crippen LogP contribution in [0.25, 0.3) is 0 Å². The van der Waals surface area contributed by atoms with E-state index < -0.39 is 17.6 Å². The van der Waals surface area contributed by atoms with E-state index in [0.717, 1.165) is 18.2 Å². The molecular weight excluding hydrogens is 251 g/mol. The number of carbonyl (C=O) groups excluding carboxylic acids is 1. The van der Waals surface area contributed by atoms with Gasteiger partial charge in [0.25, 0.3) is 5.91 Å². The van der Waals surface area contributed by atoms with E-state index in [1.54, 1.807) is 0 Å². The molecule has 0 saturated carbocycles. The Morgan fingerprint density at radius 3 is 2.67 bits per heavy atom. The molecule has 0 spiro atoms. The van der Waals surface area contributed by atoms with Crippen LogP contribution in [0.5, 0.6) is 0 Å². The molecule has 0 aliphatic heterocycles. The maximum absolute atomic E-state index is 12.4. The second kappa shape index (κ2) is 6.36. The van der Waals surface area contributed by atoms with Crippen LogP contribution in [0.3, 0.4) is 0 Å². The number of hydroxylamine groups is 1. The van der Waals surface area contributed by atoms with Gasteiger partial charge in [-0.25, -0.2) is 5.48 Å². The third-order valence-electron chi connectivity index (χ3n) is 2.01. The molecule has 1 N–H and O–H groups in total. The monoisotopic (exact) mass is 263 g/mol. The Balaban J connectivity index is 2.63. The minimum atomic E-state index is -4.48. The van der Waals surface area contributed by atoms with Crippen LogP contribution < -0.4 is 5.48 Å². The van der Waals surface area contributed by atoms with Gasteiger partial charge in [-0.1, -0.05) is 6.07 Å². The van der Waals surface area contributed by atoms with Crippen molar-refractivity contribution in [2.75, 3.05) is 20.3 Å². The zero-order chi connectivity index (χ0) is 13.6. The zero-order valence-electron chi connectivity index (χ0n) is 9.58. The van der Waals surface area contributed by atoms with Crippen LogP contribution in [0.1, 0.15) is 15.9 Å². The molecule has 0 aliphatic rings. The number of halogens is 3. The molecule has 100 valence electrons. The molecule has 0 saturated heterocycles. The van der Waals surface area contributed by atoms with Crippen LogP contribution in [-0.4, -0.2) is 26.2 Å². The number of carbonyl (C=O) groups is 1. The number of hydrogen-bond acceptors (Lipinski definition) is 3. The van der Waals surface area contributed by atoms with E-state index in [9.17, 15) is 18.0 Å². The molecule has 0 aliphatic carbocycles. The highest BCUT2D eigenvalue weighted by molar-refractivity contribution is 5.93. The molecule has 18 heavy (non-hydrogen) atoms. The maximum Gasteiger partial charge on any atom is 0.416 e. The predicted octanol–water partition coefficient (Wildman–Crippen LogP) is 2.01. The largest absolute Gasteiger partial charge is 0.416 e. The lowest BCUT2D eigenvalue weighted by Gasteiger charge is -2.09. The Bertz CT molecular complexity index is 407. The lowest BCUT2D eigenvalue weighted by molar-refractivity contribution is -0.137. The van der Waals surface area contributed by atoms with Gasteiger partial charge in [0.15, 0.2) is 0 Å². The second-order valence-corrected chi connectivity index (χ2v) is 3.35. The molecular formula is C11H12F3NO3. The Labute approximate surface area is 102 Å². The predicted molar refractivity (Wildman–Crippen MR) is 56.7 cm³/mol. The summed E-state index contributed by atoms with van der Waals surface area (Å²) in [6.07, 6.45) is -4.48. The van der Waals surface area contributed by atoms with Crippen LogP contribution in [0.2, 0.25) is 0 Å². The van der Waals surface area contributed by atoms with Gasteiger partial charge < -0.3 is 4.74 Å². The van der Waals surface area contributed by atoms with E-state index in [4.69, 9.17) is 4.84 Å². The summed E-state index contributed by atoms with van der Waals surface area (Å²) in [4.78, 5) is 16.2. The Morgan fingerprint density at radius 2 is 2.06 bits per heavy atom. The molecule has 0 radical (unpaired) electrons. The molecule has 7 heteroatoms. The van der Waals surface area contributed by atoms with E-state index in [1.165, 1.54) is 13.2 Å². The lowest BCUT2D eigenvalue weighted by atomic mass is 10.1. The third-order valence-corrected chi connectivity index (χ3v) is 2.01. The van der Waals surface area contributed by atoms with Crippen molar-refractivity contribution >= 4 is 5.91 Å². The topological polar surface area (TPSA) is 47.6 Å². The summed E-state index contributed by atoms with van der Waals surface area (Å²) in [5, 5.41) is 0. The highest BCUT2D eigenvalue weighted by Crippen LogP contribution is 2.29. The fourth-order valence-corrected chi connectivity index (χ4v) is 1.14. The number of amides is 1. The molecule has 4 nitrogen and oxygen atoms in total. The summed E-state index contributed by atoms with van der Waals surface area (Å²) in [5.41, 5.74) is 1.02. The van der Waals surface area contributed by atoms with Crippen molar-refractivity contribution in [1.82, 2.24) is 5.48 Å². The highest BCUT2D eigenvalue weighted by Gasteiger charge is 2.30. The van der Waals surface area contributed by atoms with Gasteiger partial charge >= 0.3 is 6.18 Å². The van der Waals surface area contributed by atoms with Crippen LogP contribution in [0.4, 0.5) is 13.2 Å². The molecule has 0 aromatic heterocycles. The summed E-state index contributed by atoms with van der Waals surface area (Å²) in [7, 11) is 1.46. The Kier molecular flexibility index (Phi) is 5.11. The average molecular weight is 263 g/mol. The summed E-state index contributed by atoms with van der Waals surface area (Å²) in [6.45, 7) is 0.379. The minimum Gasteiger partial charge on any atom is -0.382 e. The molecule has 0 fully saturated rings. The third kappa shape index (κ3) is 4.34. The fourth-order valence-electron chi connectivity index (χ4n) is 1.14. The fraction of sp³-hybridized carbons (Fsp3) is 0.364. The number of ether oxygens (including phenoxy) is 1. The summed E-state index contributed by atoms with van der Waals surface area (Å²) in [6, 6.07) is 4.08. The van der Waals surface area contributed by atoms with E-state index >= 15 is 0 Å². The van der Waals surface area contributed by atoms with Crippen molar-refractivity contribution in [2.24, 2.45) is 0 Å². The van der Waals surface area contributed by atoms with Crippen molar-refractivity contribution < 1.29 is 27.5 Å². The summed E-state index contributed by atoms with van der Waals surface area (Å²) in [5.74, 6) is -0.739. The van der Waals surface area contributed by atoms with E-state index in [0.29, 0.717) is 0 Å². The van der Waals surface area contributed by atoms with Crippen molar-refractivity contribution in [3.63, 3.8) is 0 Å². The number of alkyl halides is 3. The van der Waals surface area contributed by atoms with Gasteiger partial charge in [0.2, 0.25) is 0 Å². The van der Waals surface area contributed by atoms with Gasteiger partial charge in [-0.05, 0) is 18.2 Å². The molecule has 0 heterocycles. The number of methoxy groups -OCH3 is 1. The van der Waals surface area contributed by atoms with Crippen LogP contribution in [0.15, 0.2) is 24.3 Å². The Hall–Kier alpha value is -1.60. The maximum atomic E-state index is 12.4. The van der Waals surface area contributed by atoms with Crippen molar-refractivity contribution in [3.05, 3.63) is 35.4 Å². The van der Waals surface area contributed by atoms with Crippen molar-refractivity contribution in [1.29, 1.82) is 0 Å². The van der Waals surface area contributed by atoms with E-state index in [1.807, 2.05) is 5.48 Å². The van der Waals surface area contributed by atoms with Gasteiger partial charge in [-0.3, -0.25) is 9.63 Å². The number of nitrogens with one attached hydrogen (secondary N) is 1. The van der Waals surface area contributed by atoms with Gasteiger partial charge in [0.05, 0.1) is 18.8 Å². The number of benzene rings is 1. The van der Waals surface area contributed by atoms with Gasteiger partial charge in [0.1, 0.15) is 0 Å². The number of hydrogen-bond donors (Lipinski definition) is 1. The van der Waals surface area contributed by atoms with E-state index in [-0.39, 0.29) is 18.8 Å². The quantitative estimate of drug-likeness (QED) is 0.653. The summed E-state index contributed by atoms with van der Waals surface area (Å²) < 4.78 is 41.9. The minimum absolute atomic E-state index is 0.112. The summed E-state index contributed by atoms with van der Waals surface area (Å²) >= 11 is 0. The lowest BCUT2D eigenvalue weighted by Crippen LogP contribution is -2.25. The molecule has 0 unspecified atom stereocenters. The smallest absolute Gasteiger partial charge is 0.382 e. The average Bonchev–Trinajstić information content (AvgIpc) is 2.33. The highest BCUT2D eigenvalue weighted by atomic mass is 19.4. The molecule has 0 atom stereocenters. The van der Waals surface area contributed by atoms with Crippen LogP contribution in [-0.2, 0) is 15.8 Å². The second-order valence-electron chi connectivity index (χ2n) is 3.35. The standard InChI is InChI=1S/C11H12F3NO3/c1-17-5-6-18-15-10(16)8-3-2-4-9(7-8)11(12,13)14/h2-4,7H,5-6H2,1H3,(H,15,16). The van der Waals surface area contributed by atoms with Crippen LogP contribution >= 0.6 is 0 Å². The van der Waals surface area contributed by atoms with Crippen LogP contribution in [0, 0.1) is 0 Å². The molecule has 0 bridgehead atoms. The first-order valence-corrected chi connectivity index (χ1v) is 5.03. The van der Waals surface area contributed by atoms with Crippen molar-refractivity contribution in [2.45, 2.75) is 6.18 Å². The van der Waals surface area contributed by atoms with Crippen molar-refractivity contribution in [3.8, 4) is 0 Å². The zero-order valence-corrected chi connectivity index (χ0v) is 9.58. The Morgan fingerprint density at radius 1 is 1.33 bits per heavy atom. The molecule has 1 aromatic carbocycles. The molecule has 1 rings (SSSR count). The van der Waals surface area contributed by atoms with Gasteiger partial charge in [-0.15, -0.1) is 0 Å². The first-order chi connectivity index (χ1) is 8.45. The van der Waals surface area contributed by atoms with Gasteiger partial charge in [0, 0.05) is 12.7 Å². The first-order valence-electron chi connectivity index (χ1n) is 5.03. The molecule has 1 aromatic rings. The molecule has 1 amide bonds. The SMILES string of the molecule is COCCONC(=O)c1cccc(C(F)(F)F)c1. The normalized spacial score (nSPS) is 11.3. The van der Waals surface area contributed by atoms with E-state index in [2.05, 4.69) is 4.74 Å².